The molecule has 0 fully saturated rings. The summed E-state index contributed by atoms with van der Waals surface area (Å²) in [5.41, 5.74) is 1.93. The number of fused-ring (bicyclic) bond motifs is 1. The fourth-order valence-corrected chi connectivity index (χ4v) is 2.58. The van der Waals surface area contributed by atoms with Crippen molar-refractivity contribution in [3.8, 4) is 0 Å². The molecule has 17 heavy (non-hydrogen) atoms. The molecule has 0 bridgehead atoms. The summed E-state index contributed by atoms with van der Waals surface area (Å²) in [5.74, 6) is 0.637. The lowest BCUT2D eigenvalue weighted by Gasteiger charge is -2.31. The molecule has 0 spiro atoms. The summed E-state index contributed by atoms with van der Waals surface area (Å²) < 4.78 is 0. The predicted octanol–water partition coefficient (Wildman–Crippen LogP) is 3.02. The van der Waals surface area contributed by atoms with Crippen LogP contribution in [0.4, 0.5) is 0 Å². The van der Waals surface area contributed by atoms with E-state index in [1.165, 1.54) is 11.1 Å². The Morgan fingerprint density at radius 2 is 2.12 bits per heavy atom. The van der Waals surface area contributed by atoms with Gasteiger partial charge in [-0.3, -0.25) is 0 Å². The topological polar surface area (TPSA) is 32.3 Å². The van der Waals surface area contributed by atoms with Gasteiger partial charge in [-0.05, 0) is 36.8 Å². The summed E-state index contributed by atoms with van der Waals surface area (Å²) >= 11 is 0. The molecule has 2 N–H and O–H groups in total. The zero-order valence-corrected chi connectivity index (χ0v) is 11.0. The van der Waals surface area contributed by atoms with Gasteiger partial charge in [-0.2, -0.15) is 0 Å². The smallest absolute Gasteiger partial charge is 0.0813 e. The zero-order chi connectivity index (χ0) is 12.5. The Hall–Kier alpha value is -0.860. The Labute approximate surface area is 104 Å². The molecule has 0 saturated heterocycles. The van der Waals surface area contributed by atoms with Gasteiger partial charge >= 0.3 is 0 Å². The van der Waals surface area contributed by atoms with Crippen LogP contribution >= 0.6 is 0 Å². The first kappa shape index (κ1) is 12.6. The van der Waals surface area contributed by atoms with Gasteiger partial charge in [0, 0.05) is 6.54 Å². The minimum Gasteiger partial charge on any atom is -0.388 e. The van der Waals surface area contributed by atoms with Gasteiger partial charge in [-0.25, -0.2) is 0 Å². The zero-order valence-electron chi connectivity index (χ0n) is 11.0. The first-order valence-electron chi connectivity index (χ1n) is 6.54. The molecule has 0 aliphatic carbocycles. The molecule has 2 atom stereocenters. The molecule has 1 heterocycles. The van der Waals surface area contributed by atoms with E-state index in [4.69, 9.17) is 0 Å². The van der Waals surface area contributed by atoms with Crippen molar-refractivity contribution in [2.75, 3.05) is 0 Å². The third-order valence-corrected chi connectivity index (χ3v) is 3.71. The molecule has 2 unspecified atom stereocenters. The first-order valence-corrected chi connectivity index (χ1v) is 6.54. The Bertz CT molecular complexity index is 384. The van der Waals surface area contributed by atoms with Crippen molar-refractivity contribution < 1.29 is 5.11 Å². The number of hydrogen-bond acceptors (Lipinski definition) is 2. The molecule has 1 aliphatic heterocycles. The van der Waals surface area contributed by atoms with E-state index in [-0.39, 0.29) is 6.04 Å². The van der Waals surface area contributed by atoms with Gasteiger partial charge in [0.2, 0.25) is 0 Å². The quantitative estimate of drug-likeness (QED) is 0.838. The van der Waals surface area contributed by atoms with E-state index in [1.807, 2.05) is 6.92 Å². The van der Waals surface area contributed by atoms with Crippen LogP contribution in [0.3, 0.4) is 0 Å². The van der Waals surface area contributed by atoms with Gasteiger partial charge in [0.15, 0.2) is 0 Å². The van der Waals surface area contributed by atoms with Crippen molar-refractivity contribution in [2.24, 2.45) is 5.92 Å². The minimum atomic E-state index is -0.656. The van der Waals surface area contributed by atoms with E-state index in [1.54, 1.807) is 0 Å². The highest BCUT2D eigenvalue weighted by Crippen LogP contribution is 2.36. The standard InChI is InChI=1S/C15H23NO/c1-11(2)8-9-15(3,17)14-13-7-5-4-6-12(13)10-16-14/h4-7,11,14,16-17H,8-10H2,1-3H3. The van der Waals surface area contributed by atoms with Gasteiger partial charge in [-0.15, -0.1) is 0 Å². The molecule has 2 heteroatoms. The molecule has 0 amide bonds. The Balaban J connectivity index is 2.13. The van der Waals surface area contributed by atoms with E-state index in [2.05, 4.69) is 43.4 Å². The second-order valence-electron chi connectivity index (χ2n) is 5.80. The Kier molecular flexibility index (Phi) is 3.55. The van der Waals surface area contributed by atoms with Crippen molar-refractivity contribution in [3.05, 3.63) is 35.4 Å². The second-order valence-corrected chi connectivity index (χ2v) is 5.80. The average molecular weight is 233 g/mol. The van der Waals surface area contributed by atoms with Crippen LogP contribution in [0.1, 0.15) is 50.8 Å². The fourth-order valence-electron chi connectivity index (χ4n) is 2.58. The van der Waals surface area contributed by atoms with E-state index in [0.29, 0.717) is 5.92 Å². The molecule has 2 nitrogen and oxygen atoms in total. The van der Waals surface area contributed by atoms with Crippen LogP contribution < -0.4 is 5.32 Å². The van der Waals surface area contributed by atoms with Crippen molar-refractivity contribution in [1.29, 1.82) is 0 Å². The van der Waals surface area contributed by atoms with Crippen LogP contribution in [-0.2, 0) is 6.54 Å². The predicted molar refractivity (Wildman–Crippen MR) is 70.7 cm³/mol. The molecule has 1 aromatic carbocycles. The van der Waals surface area contributed by atoms with Crippen LogP contribution in [0.2, 0.25) is 0 Å². The van der Waals surface area contributed by atoms with Crippen molar-refractivity contribution >= 4 is 0 Å². The van der Waals surface area contributed by atoms with Crippen LogP contribution in [0.5, 0.6) is 0 Å². The number of aliphatic hydroxyl groups is 1. The average Bonchev–Trinajstić information content (AvgIpc) is 2.71. The van der Waals surface area contributed by atoms with Crippen molar-refractivity contribution in [1.82, 2.24) is 5.32 Å². The van der Waals surface area contributed by atoms with E-state index in [9.17, 15) is 5.11 Å². The summed E-state index contributed by atoms with van der Waals surface area (Å²) in [6.07, 6.45) is 1.91. The lowest BCUT2D eigenvalue weighted by atomic mass is 9.85. The number of nitrogens with one attached hydrogen (secondary N) is 1. The minimum absolute atomic E-state index is 0.0810. The first-order chi connectivity index (χ1) is 8.00. The molecule has 2 rings (SSSR count). The summed E-state index contributed by atoms with van der Waals surface area (Å²) in [6.45, 7) is 7.23. The molecular weight excluding hydrogens is 210 g/mol. The van der Waals surface area contributed by atoms with Crippen LogP contribution in [-0.4, -0.2) is 10.7 Å². The highest BCUT2D eigenvalue weighted by molar-refractivity contribution is 5.35. The second kappa shape index (κ2) is 4.79. The maximum atomic E-state index is 10.6. The summed E-state index contributed by atoms with van der Waals surface area (Å²) in [6, 6.07) is 8.46. The lowest BCUT2D eigenvalue weighted by Crippen LogP contribution is -2.38. The van der Waals surface area contributed by atoms with E-state index in [0.717, 1.165) is 19.4 Å². The van der Waals surface area contributed by atoms with Gasteiger partial charge in [0.25, 0.3) is 0 Å². The molecule has 1 aliphatic rings. The van der Waals surface area contributed by atoms with Crippen LogP contribution in [0.25, 0.3) is 0 Å². The van der Waals surface area contributed by atoms with Gasteiger partial charge in [-0.1, -0.05) is 38.1 Å². The normalized spacial score (nSPS) is 22.5. The van der Waals surface area contributed by atoms with Crippen LogP contribution in [0.15, 0.2) is 24.3 Å². The molecule has 94 valence electrons. The molecular formula is C15H23NO. The SMILES string of the molecule is CC(C)CCC(C)(O)C1NCc2ccccc21. The highest BCUT2D eigenvalue weighted by atomic mass is 16.3. The summed E-state index contributed by atoms with van der Waals surface area (Å²) in [5, 5.41) is 14.1. The van der Waals surface area contributed by atoms with Gasteiger partial charge in [0.1, 0.15) is 0 Å². The number of benzene rings is 1. The third-order valence-electron chi connectivity index (χ3n) is 3.71. The van der Waals surface area contributed by atoms with E-state index < -0.39 is 5.60 Å². The van der Waals surface area contributed by atoms with Gasteiger partial charge < -0.3 is 10.4 Å². The van der Waals surface area contributed by atoms with Crippen molar-refractivity contribution in [2.45, 2.75) is 51.8 Å². The molecule has 0 saturated carbocycles. The Morgan fingerprint density at radius 1 is 1.41 bits per heavy atom. The highest BCUT2D eigenvalue weighted by Gasteiger charge is 2.36. The molecule has 0 radical (unpaired) electrons. The lowest BCUT2D eigenvalue weighted by molar-refractivity contribution is 0.00906. The number of hydrogen-bond donors (Lipinski definition) is 2. The monoisotopic (exact) mass is 233 g/mol. The third kappa shape index (κ3) is 2.70. The maximum Gasteiger partial charge on any atom is 0.0813 e. The largest absolute Gasteiger partial charge is 0.388 e. The summed E-state index contributed by atoms with van der Waals surface area (Å²) in [7, 11) is 0. The maximum absolute atomic E-state index is 10.6. The van der Waals surface area contributed by atoms with Crippen LogP contribution in [0, 0.1) is 5.92 Å². The van der Waals surface area contributed by atoms with E-state index >= 15 is 0 Å². The molecule has 1 aromatic rings. The number of rotatable bonds is 4. The van der Waals surface area contributed by atoms with Crippen molar-refractivity contribution in [3.63, 3.8) is 0 Å². The fraction of sp³-hybridized carbons (Fsp3) is 0.600. The Morgan fingerprint density at radius 3 is 2.82 bits per heavy atom. The molecule has 0 aromatic heterocycles. The van der Waals surface area contributed by atoms with Gasteiger partial charge in [0.05, 0.1) is 11.6 Å². The summed E-state index contributed by atoms with van der Waals surface area (Å²) in [4.78, 5) is 0.